The molecule has 0 fully saturated rings. The first-order valence-corrected chi connectivity index (χ1v) is 9.24. The Morgan fingerprint density at radius 1 is 0.679 bits per heavy atom. The van der Waals surface area contributed by atoms with Gasteiger partial charge in [0.15, 0.2) is 0 Å². The zero-order valence-electron chi connectivity index (χ0n) is 15.1. The molecule has 0 aliphatic heterocycles. The molecule has 3 N–H and O–H groups in total. The highest BCUT2D eigenvalue weighted by Gasteiger charge is 2.05. The third-order valence-corrected chi connectivity index (χ3v) is 4.26. The Kier molecular flexibility index (Phi) is 6.65. The minimum atomic E-state index is -0.328. The second-order valence-electron chi connectivity index (χ2n) is 6.20. The SMILES string of the molecule is O=C(CCc1ccc(Cl)cc1)Nc1ccc(NC(=O)Nc2ccccc2)cc1. The first-order chi connectivity index (χ1) is 13.6. The van der Waals surface area contributed by atoms with Gasteiger partial charge in [0.2, 0.25) is 5.91 Å². The minimum absolute atomic E-state index is 0.0718. The highest BCUT2D eigenvalue weighted by Crippen LogP contribution is 2.16. The van der Waals surface area contributed by atoms with E-state index in [9.17, 15) is 9.59 Å². The summed E-state index contributed by atoms with van der Waals surface area (Å²) in [7, 11) is 0. The molecule has 0 unspecified atom stereocenters. The maximum Gasteiger partial charge on any atom is 0.323 e. The Bertz CT molecular complexity index is 926. The van der Waals surface area contributed by atoms with Gasteiger partial charge in [-0.15, -0.1) is 0 Å². The molecular weight excluding hydrogens is 374 g/mol. The van der Waals surface area contributed by atoms with Crippen LogP contribution in [0.1, 0.15) is 12.0 Å². The number of urea groups is 1. The first-order valence-electron chi connectivity index (χ1n) is 8.86. The molecule has 28 heavy (non-hydrogen) atoms. The molecule has 0 saturated carbocycles. The summed E-state index contributed by atoms with van der Waals surface area (Å²) in [4.78, 5) is 24.1. The number of amides is 3. The van der Waals surface area contributed by atoms with Gasteiger partial charge in [0.25, 0.3) is 0 Å². The molecule has 0 spiro atoms. The van der Waals surface area contributed by atoms with Crippen LogP contribution in [0.25, 0.3) is 0 Å². The van der Waals surface area contributed by atoms with Gasteiger partial charge in [0, 0.05) is 28.5 Å². The van der Waals surface area contributed by atoms with Crippen molar-refractivity contribution < 1.29 is 9.59 Å². The maximum atomic E-state index is 12.1. The van der Waals surface area contributed by atoms with Crippen molar-refractivity contribution in [2.75, 3.05) is 16.0 Å². The van der Waals surface area contributed by atoms with Crippen molar-refractivity contribution >= 4 is 40.6 Å². The van der Waals surface area contributed by atoms with Gasteiger partial charge in [-0.05, 0) is 60.5 Å². The van der Waals surface area contributed by atoms with Crippen molar-refractivity contribution in [3.05, 3.63) is 89.4 Å². The van der Waals surface area contributed by atoms with Gasteiger partial charge in [-0.2, -0.15) is 0 Å². The van der Waals surface area contributed by atoms with Crippen molar-refractivity contribution in [1.29, 1.82) is 0 Å². The Labute approximate surface area is 168 Å². The average molecular weight is 394 g/mol. The van der Waals surface area contributed by atoms with Crippen LogP contribution in [0.15, 0.2) is 78.9 Å². The Hall–Kier alpha value is -3.31. The van der Waals surface area contributed by atoms with Crippen LogP contribution < -0.4 is 16.0 Å². The number of aryl methyl sites for hydroxylation is 1. The van der Waals surface area contributed by atoms with Crippen LogP contribution in [0, 0.1) is 0 Å². The normalized spacial score (nSPS) is 10.2. The molecular formula is C22H20ClN3O2. The lowest BCUT2D eigenvalue weighted by atomic mass is 10.1. The van der Waals surface area contributed by atoms with E-state index in [-0.39, 0.29) is 11.9 Å². The van der Waals surface area contributed by atoms with Crippen LogP contribution in [0.5, 0.6) is 0 Å². The Morgan fingerprint density at radius 2 is 1.21 bits per heavy atom. The molecule has 0 atom stereocenters. The Morgan fingerprint density at radius 3 is 1.82 bits per heavy atom. The fraction of sp³-hybridized carbons (Fsp3) is 0.0909. The van der Waals surface area contributed by atoms with E-state index in [1.807, 2.05) is 54.6 Å². The summed E-state index contributed by atoms with van der Waals surface area (Å²) >= 11 is 5.86. The van der Waals surface area contributed by atoms with Gasteiger partial charge in [-0.3, -0.25) is 4.79 Å². The van der Waals surface area contributed by atoms with E-state index in [0.29, 0.717) is 34.9 Å². The second-order valence-corrected chi connectivity index (χ2v) is 6.63. The van der Waals surface area contributed by atoms with Crippen LogP contribution in [-0.2, 0) is 11.2 Å². The number of benzene rings is 3. The summed E-state index contributed by atoms with van der Waals surface area (Å²) in [6.45, 7) is 0. The van der Waals surface area contributed by atoms with Crippen LogP contribution in [-0.4, -0.2) is 11.9 Å². The number of anilines is 3. The van der Waals surface area contributed by atoms with Gasteiger partial charge in [0.1, 0.15) is 0 Å². The summed E-state index contributed by atoms with van der Waals surface area (Å²) in [6.07, 6.45) is 1.02. The number of carbonyl (C=O) groups is 2. The van der Waals surface area contributed by atoms with E-state index in [0.717, 1.165) is 5.56 Å². The van der Waals surface area contributed by atoms with Gasteiger partial charge in [-0.1, -0.05) is 41.9 Å². The molecule has 0 heterocycles. The molecule has 0 aromatic heterocycles. The molecule has 3 aromatic carbocycles. The maximum absolute atomic E-state index is 12.1. The molecule has 0 aliphatic rings. The van der Waals surface area contributed by atoms with Crippen LogP contribution in [0.3, 0.4) is 0 Å². The number of para-hydroxylation sites is 1. The van der Waals surface area contributed by atoms with Gasteiger partial charge in [0.05, 0.1) is 0 Å². The molecule has 3 amide bonds. The predicted molar refractivity (Wildman–Crippen MR) is 114 cm³/mol. The number of carbonyl (C=O) groups excluding carboxylic acids is 2. The molecule has 0 radical (unpaired) electrons. The van der Waals surface area contributed by atoms with E-state index in [1.165, 1.54) is 0 Å². The van der Waals surface area contributed by atoms with Crippen molar-refractivity contribution in [3.63, 3.8) is 0 Å². The summed E-state index contributed by atoms with van der Waals surface area (Å²) < 4.78 is 0. The fourth-order valence-electron chi connectivity index (χ4n) is 2.58. The molecule has 5 nitrogen and oxygen atoms in total. The fourth-order valence-corrected chi connectivity index (χ4v) is 2.71. The first kappa shape index (κ1) is 19.5. The second kappa shape index (κ2) is 9.58. The third-order valence-electron chi connectivity index (χ3n) is 4.01. The van der Waals surface area contributed by atoms with Crippen LogP contribution in [0.2, 0.25) is 5.02 Å². The number of hydrogen-bond donors (Lipinski definition) is 3. The topological polar surface area (TPSA) is 70.2 Å². The number of halogens is 1. The van der Waals surface area contributed by atoms with E-state index in [1.54, 1.807) is 24.3 Å². The molecule has 0 aliphatic carbocycles. The van der Waals surface area contributed by atoms with Crippen LogP contribution >= 0.6 is 11.6 Å². The third kappa shape index (κ3) is 6.14. The van der Waals surface area contributed by atoms with Crippen molar-refractivity contribution in [2.24, 2.45) is 0 Å². The van der Waals surface area contributed by atoms with E-state index in [4.69, 9.17) is 11.6 Å². The summed E-state index contributed by atoms with van der Waals surface area (Å²) in [5.41, 5.74) is 3.08. The number of rotatable bonds is 6. The van der Waals surface area contributed by atoms with Crippen LogP contribution in [0.4, 0.5) is 21.9 Å². The molecule has 6 heteroatoms. The summed E-state index contributed by atoms with van der Waals surface area (Å²) in [5.74, 6) is -0.0718. The monoisotopic (exact) mass is 393 g/mol. The molecule has 0 saturated heterocycles. The van der Waals surface area contributed by atoms with E-state index in [2.05, 4.69) is 16.0 Å². The molecule has 3 aromatic rings. The molecule has 142 valence electrons. The van der Waals surface area contributed by atoms with Crippen molar-refractivity contribution in [3.8, 4) is 0 Å². The van der Waals surface area contributed by atoms with Crippen molar-refractivity contribution in [2.45, 2.75) is 12.8 Å². The zero-order valence-corrected chi connectivity index (χ0v) is 15.9. The molecule has 3 rings (SSSR count). The van der Waals surface area contributed by atoms with Gasteiger partial charge in [-0.25, -0.2) is 4.79 Å². The molecule has 0 bridgehead atoms. The van der Waals surface area contributed by atoms with Crippen molar-refractivity contribution in [1.82, 2.24) is 0 Å². The highest BCUT2D eigenvalue weighted by molar-refractivity contribution is 6.30. The average Bonchev–Trinajstić information content (AvgIpc) is 2.70. The lowest BCUT2D eigenvalue weighted by molar-refractivity contribution is -0.116. The Balaban J connectivity index is 1.46. The van der Waals surface area contributed by atoms with E-state index < -0.39 is 0 Å². The lowest BCUT2D eigenvalue weighted by Gasteiger charge is -2.09. The number of nitrogens with one attached hydrogen (secondary N) is 3. The highest BCUT2D eigenvalue weighted by atomic mass is 35.5. The number of hydrogen-bond acceptors (Lipinski definition) is 2. The summed E-state index contributed by atoms with van der Waals surface area (Å²) in [5, 5.41) is 9.02. The van der Waals surface area contributed by atoms with E-state index >= 15 is 0 Å². The standard InChI is InChI=1S/C22H20ClN3O2/c23-17-9-6-16(7-10-17)8-15-21(27)24-19-11-13-20(14-12-19)26-22(28)25-18-4-2-1-3-5-18/h1-7,9-14H,8,15H2,(H,24,27)(H2,25,26,28). The quantitative estimate of drug-likeness (QED) is 0.513. The predicted octanol–water partition coefficient (Wildman–Crippen LogP) is 5.56. The minimum Gasteiger partial charge on any atom is -0.326 e. The lowest BCUT2D eigenvalue weighted by Crippen LogP contribution is -2.19. The van der Waals surface area contributed by atoms with Gasteiger partial charge < -0.3 is 16.0 Å². The van der Waals surface area contributed by atoms with Gasteiger partial charge >= 0.3 is 6.03 Å². The smallest absolute Gasteiger partial charge is 0.323 e. The largest absolute Gasteiger partial charge is 0.326 e. The zero-order chi connectivity index (χ0) is 19.8. The summed E-state index contributed by atoms with van der Waals surface area (Å²) in [6, 6.07) is 23.3.